The highest BCUT2D eigenvalue weighted by molar-refractivity contribution is 14.0. The summed E-state index contributed by atoms with van der Waals surface area (Å²) in [7, 11) is -0.922. The van der Waals surface area contributed by atoms with Crippen molar-refractivity contribution < 1.29 is 8.63 Å². The van der Waals surface area contributed by atoms with Crippen LogP contribution >= 0.6 is 24.0 Å². The van der Waals surface area contributed by atoms with Crippen LogP contribution in [0.25, 0.3) is 11.5 Å². The van der Waals surface area contributed by atoms with E-state index < -0.39 is 10.8 Å². The van der Waals surface area contributed by atoms with Crippen molar-refractivity contribution in [3.8, 4) is 11.5 Å². The summed E-state index contributed by atoms with van der Waals surface area (Å²) in [5.41, 5.74) is 2.79. The average molecular weight is 538 g/mol. The number of halogens is 1. The number of guanidine groups is 1. The van der Waals surface area contributed by atoms with Gasteiger partial charge in [-0.05, 0) is 24.6 Å². The summed E-state index contributed by atoms with van der Waals surface area (Å²) in [5, 5.41) is 6.43. The second kappa shape index (κ2) is 13.2. The number of aromatic nitrogens is 1. The van der Waals surface area contributed by atoms with Crippen molar-refractivity contribution in [2.75, 3.05) is 18.8 Å². The van der Waals surface area contributed by atoms with Gasteiger partial charge in [0.05, 0.1) is 6.54 Å². The molecular formula is C22H27IN4O2S. The summed E-state index contributed by atoms with van der Waals surface area (Å²) >= 11 is 0. The van der Waals surface area contributed by atoms with Gasteiger partial charge in [0.1, 0.15) is 12.0 Å². The van der Waals surface area contributed by atoms with Crippen molar-refractivity contribution in [2.24, 2.45) is 4.99 Å². The first kappa shape index (κ1) is 24.1. The van der Waals surface area contributed by atoms with E-state index in [0.29, 0.717) is 36.4 Å². The third kappa shape index (κ3) is 7.91. The number of benzene rings is 2. The van der Waals surface area contributed by atoms with Gasteiger partial charge in [-0.1, -0.05) is 48.5 Å². The molecule has 0 saturated carbocycles. The Labute approximate surface area is 197 Å². The lowest BCUT2D eigenvalue weighted by Crippen LogP contribution is -2.39. The highest BCUT2D eigenvalue weighted by Gasteiger charge is 2.07. The van der Waals surface area contributed by atoms with E-state index in [0.717, 1.165) is 23.4 Å². The average Bonchev–Trinajstić information content (AvgIpc) is 3.22. The predicted octanol–water partition coefficient (Wildman–Crippen LogP) is 3.96. The van der Waals surface area contributed by atoms with E-state index in [1.807, 2.05) is 67.6 Å². The van der Waals surface area contributed by atoms with Crippen LogP contribution in [0.15, 0.2) is 76.3 Å². The molecule has 1 aromatic heterocycles. The van der Waals surface area contributed by atoms with E-state index in [4.69, 9.17) is 4.42 Å². The monoisotopic (exact) mass is 538 g/mol. The molecule has 0 amide bonds. The maximum absolute atomic E-state index is 12.3. The Kier molecular flexibility index (Phi) is 10.6. The highest BCUT2D eigenvalue weighted by Crippen LogP contribution is 2.18. The van der Waals surface area contributed by atoms with Gasteiger partial charge < -0.3 is 15.1 Å². The highest BCUT2D eigenvalue weighted by atomic mass is 127. The minimum atomic E-state index is -0.922. The molecule has 0 saturated heterocycles. The Morgan fingerprint density at radius 1 is 1.07 bits per heavy atom. The van der Waals surface area contributed by atoms with Crippen LogP contribution in [0.3, 0.4) is 0 Å². The van der Waals surface area contributed by atoms with E-state index in [1.54, 1.807) is 6.26 Å². The zero-order valence-electron chi connectivity index (χ0n) is 16.9. The maximum atomic E-state index is 12.3. The molecule has 160 valence electrons. The molecule has 1 heterocycles. The Morgan fingerprint density at radius 3 is 2.47 bits per heavy atom. The van der Waals surface area contributed by atoms with Crippen LogP contribution < -0.4 is 10.6 Å². The van der Waals surface area contributed by atoms with Gasteiger partial charge in [0.25, 0.3) is 0 Å². The first-order valence-corrected chi connectivity index (χ1v) is 11.1. The third-order valence-electron chi connectivity index (χ3n) is 4.11. The van der Waals surface area contributed by atoms with Gasteiger partial charge in [-0.25, -0.2) is 9.98 Å². The van der Waals surface area contributed by atoms with Crippen LogP contribution in [0.4, 0.5) is 0 Å². The van der Waals surface area contributed by atoms with Gasteiger partial charge in [0, 0.05) is 41.0 Å². The largest absolute Gasteiger partial charge is 0.444 e. The fraction of sp³-hybridized carbons (Fsp3) is 0.273. The van der Waals surface area contributed by atoms with Gasteiger partial charge in [-0.2, -0.15) is 0 Å². The molecule has 8 heteroatoms. The molecule has 0 aliphatic heterocycles. The summed E-state index contributed by atoms with van der Waals surface area (Å²) in [6, 6.07) is 19.7. The van der Waals surface area contributed by atoms with Crippen molar-refractivity contribution in [3.05, 3.63) is 78.2 Å². The van der Waals surface area contributed by atoms with Crippen molar-refractivity contribution in [1.29, 1.82) is 0 Å². The molecule has 0 fully saturated rings. The number of hydrogen-bond donors (Lipinski definition) is 2. The smallest absolute Gasteiger partial charge is 0.226 e. The van der Waals surface area contributed by atoms with E-state index in [9.17, 15) is 4.21 Å². The molecule has 1 unspecified atom stereocenters. The molecular weight excluding hydrogens is 511 g/mol. The van der Waals surface area contributed by atoms with Crippen molar-refractivity contribution >= 4 is 40.7 Å². The maximum Gasteiger partial charge on any atom is 0.226 e. The summed E-state index contributed by atoms with van der Waals surface area (Å²) < 4.78 is 17.8. The Bertz CT molecular complexity index is 933. The fourth-order valence-corrected chi connectivity index (χ4v) is 3.75. The van der Waals surface area contributed by atoms with Crippen molar-refractivity contribution in [3.63, 3.8) is 0 Å². The molecule has 0 bridgehead atoms. The lowest BCUT2D eigenvalue weighted by atomic mass is 10.2. The molecule has 0 aliphatic rings. The van der Waals surface area contributed by atoms with Gasteiger partial charge in [0.15, 0.2) is 5.96 Å². The van der Waals surface area contributed by atoms with Gasteiger partial charge >= 0.3 is 0 Å². The van der Waals surface area contributed by atoms with Gasteiger partial charge in [0.2, 0.25) is 5.89 Å². The second-order valence-corrected chi connectivity index (χ2v) is 7.98. The normalized spacial score (nSPS) is 12.1. The quantitative estimate of drug-likeness (QED) is 0.245. The SMILES string of the molecule is CCNC(=NCc1coc(-c2ccccc2)n1)NCCS(=O)Cc1ccccc1.I. The van der Waals surface area contributed by atoms with Gasteiger partial charge in [-0.3, -0.25) is 4.21 Å². The standard InChI is InChI=1S/C22H26N4O2S.HI/c1-2-23-22(24-13-14-29(27)17-18-9-5-3-6-10-18)25-15-20-16-28-21(26-20)19-11-7-4-8-12-19;/h3-12,16H,2,13-15,17H2,1H3,(H2,23,24,25);1H. The summed E-state index contributed by atoms with van der Waals surface area (Å²) in [5.74, 6) is 2.39. The first-order chi connectivity index (χ1) is 14.2. The Balaban J connectivity index is 0.00000320. The lowest BCUT2D eigenvalue weighted by Gasteiger charge is -2.10. The molecule has 0 radical (unpaired) electrons. The Morgan fingerprint density at radius 2 is 1.77 bits per heavy atom. The van der Waals surface area contributed by atoms with Crippen LogP contribution in [0.2, 0.25) is 0 Å². The van der Waals surface area contributed by atoms with E-state index in [-0.39, 0.29) is 24.0 Å². The number of nitrogens with one attached hydrogen (secondary N) is 2. The van der Waals surface area contributed by atoms with E-state index in [1.165, 1.54) is 0 Å². The third-order valence-corrected chi connectivity index (χ3v) is 5.42. The van der Waals surface area contributed by atoms with Crippen LogP contribution in [0.1, 0.15) is 18.2 Å². The first-order valence-electron chi connectivity index (χ1n) is 9.65. The molecule has 3 rings (SSSR count). The number of oxazole rings is 1. The molecule has 3 aromatic rings. The number of nitrogens with zero attached hydrogens (tertiary/aromatic N) is 2. The summed E-state index contributed by atoms with van der Waals surface area (Å²) in [4.78, 5) is 9.03. The number of hydrogen-bond acceptors (Lipinski definition) is 4. The minimum absolute atomic E-state index is 0. The lowest BCUT2D eigenvalue weighted by molar-refractivity contribution is 0.572. The van der Waals surface area contributed by atoms with E-state index in [2.05, 4.69) is 20.6 Å². The van der Waals surface area contributed by atoms with Crippen LogP contribution in [-0.4, -0.2) is 34.0 Å². The van der Waals surface area contributed by atoms with Crippen molar-refractivity contribution in [1.82, 2.24) is 15.6 Å². The fourth-order valence-electron chi connectivity index (χ4n) is 2.71. The molecule has 2 aromatic carbocycles. The van der Waals surface area contributed by atoms with Gasteiger partial charge in [-0.15, -0.1) is 24.0 Å². The van der Waals surface area contributed by atoms with Crippen LogP contribution in [0, 0.1) is 0 Å². The summed E-state index contributed by atoms with van der Waals surface area (Å²) in [6.07, 6.45) is 1.63. The molecule has 1 atom stereocenters. The minimum Gasteiger partial charge on any atom is -0.444 e. The molecule has 2 N–H and O–H groups in total. The topological polar surface area (TPSA) is 79.5 Å². The number of aliphatic imine (C=N–C) groups is 1. The summed E-state index contributed by atoms with van der Waals surface area (Å²) in [6.45, 7) is 3.74. The molecule has 30 heavy (non-hydrogen) atoms. The number of rotatable bonds is 9. The molecule has 0 aliphatic carbocycles. The molecule has 0 spiro atoms. The second-order valence-electron chi connectivity index (χ2n) is 6.41. The Hall–Kier alpha value is -2.20. The zero-order chi connectivity index (χ0) is 20.3. The molecule has 6 nitrogen and oxygen atoms in total. The predicted molar refractivity (Wildman–Crippen MR) is 133 cm³/mol. The van der Waals surface area contributed by atoms with Crippen LogP contribution in [-0.2, 0) is 23.1 Å². The van der Waals surface area contributed by atoms with Crippen molar-refractivity contribution in [2.45, 2.75) is 19.2 Å². The van der Waals surface area contributed by atoms with E-state index >= 15 is 0 Å². The van der Waals surface area contributed by atoms with Crippen LogP contribution in [0.5, 0.6) is 0 Å². The zero-order valence-corrected chi connectivity index (χ0v) is 20.1.